The Morgan fingerprint density at radius 2 is 1.67 bits per heavy atom. The Labute approximate surface area is 227 Å². The molecule has 0 aromatic heterocycles. The molecule has 0 spiro atoms. The third-order valence-corrected chi connectivity index (χ3v) is 13.7. The fourth-order valence-electron chi connectivity index (χ4n) is 10.1. The molecule has 5 aliphatic carbocycles. The predicted molar refractivity (Wildman–Crippen MR) is 156 cm³/mol. The van der Waals surface area contributed by atoms with E-state index in [-0.39, 0.29) is 0 Å². The van der Waals surface area contributed by atoms with Crippen molar-refractivity contribution in [2.75, 3.05) is 0 Å². The maximum atomic E-state index is 13.0. The van der Waals surface area contributed by atoms with E-state index >= 15 is 0 Å². The summed E-state index contributed by atoms with van der Waals surface area (Å²) in [6.45, 7) is 7.68. The second kappa shape index (κ2) is 11.9. The van der Waals surface area contributed by atoms with E-state index in [0.717, 1.165) is 36.5 Å². The van der Waals surface area contributed by atoms with E-state index in [4.69, 9.17) is 0 Å². The van der Waals surface area contributed by atoms with Crippen LogP contribution in [0.2, 0.25) is 0 Å². The van der Waals surface area contributed by atoms with Gasteiger partial charge in [-0.25, -0.2) is 0 Å². The lowest BCUT2D eigenvalue weighted by atomic mass is 9.47. The maximum Gasteiger partial charge on any atom is 0.192 e. The standard InChI is InChI=1S/C34H56OS/c1-4-5-6-7-8-12-15-26-17-19-30-29-18-16-27-24-28(36-32(35)25-13-10-9-11-14-25)20-22-34(27,3)31(29)21-23-33(26,30)2/h16,25-26,28-31H,4-15,17-24H2,1-3H3. The summed E-state index contributed by atoms with van der Waals surface area (Å²) in [6, 6.07) is 0. The quantitative estimate of drug-likeness (QED) is 0.226. The average molecular weight is 513 g/mol. The first kappa shape index (κ1) is 27.3. The van der Waals surface area contributed by atoms with Gasteiger partial charge in [0.2, 0.25) is 0 Å². The molecule has 0 saturated heterocycles. The van der Waals surface area contributed by atoms with Gasteiger partial charge in [0.25, 0.3) is 0 Å². The van der Waals surface area contributed by atoms with Gasteiger partial charge in [0.1, 0.15) is 0 Å². The van der Waals surface area contributed by atoms with Gasteiger partial charge in [0.05, 0.1) is 0 Å². The first-order valence-electron chi connectivity index (χ1n) is 16.4. The Morgan fingerprint density at radius 1 is 0.889 bits per heavy atom. The zero-order valence-electron chi connectivity index (χ0n) is 24.0. The molecule has 1 nitrogen and oxygen atoms in total. The Morgan fingerprint density at radius 3 is 2.47 bits per heavy atom. The molecule has 204 valence electrons. The lowest BCUT2D eigenvalue weighted by Crippen LogP contribution is -2.50. The summed E-state index contributed by atoms with van der Waals surface area (Å²) >= 11 is 1.76. The van der Waals surface area contributed by atoms with Crippen molar-refractivity contribution in [3.8, 4) is 0 Å². The van der Waals surface area contributed by atoms with Gasteiger partial charge in [0, 0.05) is 11.2 Å². The molecular weight excluding hydrogens is 456 g/mol. The first-order chi connectivity index (χ1) is 17.5. The van der Waals surface area contributed by atoms with Crippen molar-refractivity contribution < 1.29 is 4.79 Å². The van der Waals surface area contributed by atoms with Crippen LogP contribution in [0.4, 0.5) is 0 Å². The van der Waals surface area contributed by atoms with Gasteiger partial charge in [-0.3, -0.25) is 4.79 Å². The van der Waals surface area contributed by atoms with Crippen LogP contribution in [0, 0.1) is 40.4 Å². The Hall–Kier alpha value is -0.240. The third kappa shape index (κ3) is 5.42. The van der Waals surface area contributed by atoms with Crippen LogP contribution in [0.5, 0.6) is 0 Å². The minimum Gasteiger partial charge on any atom is -0.287 e. The summed E-state index contributed by atoms with van der Waals surface area (Å²) in [5.41, 5.74) is 2.80. The van der Waals surface area contributed by atoms with Crippen LogP contribution in [0.1, 0.15) is 149 Å². The number of carbonyl (C=O) groups is 1. The zero-order valence-corrected chi connectivity index (χ0v) is 24.8. The van der Waals surface area contributed by atoms with Gasteiger partial charge in [-0.1, -0.05) is 102 Å². The van der Waals surface area contributed by atoms with Gasteiger partial charge in [-0.05, 0) is 105 Å². The fraction of sp³-hybridized carbons (Fsp3) is 0.912. The monoisotopic (exact) mass is 512 g/mol. The van der Waals surface area contributed by atoms with Crippen molar-refractivity contribution in [2.45, 2.75) is 154 Å². The number of allylic oxidation sites excluding steroid dienone is 2. The second-order valence-corrected chi connectivity index (χ2v) is 15.6. The van der Waals surface area contributed by atoms with Gasteiger partial charge in [-0.2, -0.15) is 0 Å². The summed E-state index contributed by atoms with van der Waals surface area (Å²) in [5.74, 6) is 4.16. The van der Waals surface area contributed by atoms with E-state index in [0.29, 0.717) is 27.1 Å². The highest BCUT2D eigenvalue weighted by atomic mass is 32.2. The molecule has 0 amide bonds. The highest BCUT2D eigenvalue weighted by Crippen LogP contribution is 2.67. The molecule has 0 aliphatic heterocycles. The molecule has 0 aromatic rings. The van der Waals surface area contributed by atoms with E-state index in [1.807, 2.05) is 0 Å². The number of unbranched alkanes of at least 4 members (excludes halogenated alkanes) is 5. The van der Waals surface area contributed by atoms with Crippen molar-refractivity contribution in [1.29, 1.82) is 0 Å². The normalized spacial score (nSPS) is 40.8. The highest BCUT2D eigenvalue weighted by molar-refractivity contribution is 8.14. The fourth-order valence-corrected chi connectivity index (χ4v) is 11.3. The molecule has 5 rings (SSSR count). The summed E-state index contributed by atoms with van der Waals surface area (Å²) < 4.78 is 0. The van der Waals surface area contributed by atoms with Crippen LogP contribution in [-0.2, 0) is 4.79 Å². The molecule has 2 heteroatoms. The van der Waals surface area contributed by atoms with E-state index < -0.39 is 0 Å². The zero-order chi connectivity index (χ0) is 25.2. The van der Waals surface area contributed by atoms with Crippen LogP contribution in [0.25, 0.3) is 0 Å². The molecule has 0 bridgehead atoms. The Kier molecular flexibility index (Phi) is 9.02. The number of hydrogen-bond acceptors (Lipinski definition) is 2. The number of hydrogen-bond donors (Lipinski definition) is 0. The first-order valence-corrected chi connectivity index (χ1v) is 17.2. The van der Waals surface area contributed by atoms with Crippen molar-refractivity contribution in [3.63, 3.8) is 0 Å². The van der Waals surface area contributed by atoms with E-state index in [9.17, 15) is 4.79 Å². The van der Waals surface area contributed by atoms with Crippen LogP contribution in [0.3, 0.4) is 0 Å². The predicted octanol–water partition coefficient (Wildman–Crippen LogP) is 10.5. The van der Waals surface area contributed by atoms with Crippen LogP contribution in [-0.4, -0.2) is 10.4 Å². The summed E-state index contributed by atoms with van der Waals surface area (Å²) in [6.07, 6.45) is 30.2. The molecule has 0 aromatic carbocycles. The van der Waals surface area contributed by atoms with Gasteiger partial charge < -0.3 is 0 Å². The molecule has 4 fully saturated rings. The van der Waals surface area contributed by atoms with E-state index in [1.165, 1.54) is 116 Å². The van der Waals surface area contributed by atoms with Crippen molar-refractivity contribution in [2.24, 2.45) is 40.4 Å². The molecule has 7 atom stereocenters. The summed E-state index contributed by atoms with van der Waals surface area (Å²) in [4.78, 5) is 13.0. The molecule has 0 N–H and O–H groups in total. The van der Waals surface area contributed by atoms with Crippen molar-refractivity contribution in [1.82, 2.24) is 0 Å². The molecule has 0 radical (unpaired) electrons. The van der Waals surface area contributed by atoms with E-state index in [1.54, 1.807) is 17.3 Å². The lowest BCUT2D eigenvalue weighted by molar-refractivity contribution is -0.115. The molecule has 0 heterocycles. The minimum atomic E-state index is 0.365. The van der Waals surface area contributed by atoms with Crippen molar-refractivity contribution in [3.05, 3.63) is 11.6 Å². The molecular formula is C34H56OS. The summed E-state index contributed by atoms with van der Waals surface area (Å²) in [5, 5.41) is 1.09. The van der Waals surface area contributed by atoms with Gasteiger partial charge in [0.15, 0.2) is 5.12 Å². The Balaban J connectivity index is 1.18. The number of fused-ring (bicyclic) bond motifs is 5. The number of thioether (sulfide) groups is 1. The van der Waals surface area contributed by atoms with Crippen LogP contribution >= 0.6 is 11.8 Å². The molecule has 7 unspecified atom stereocenters. The SMILES string of the molecule is CCCCCCCCC1CCC2C3CC=C4CC(SC(=O)C5CCCCC5)CCC4(C)C3CCC12C. The Bertz CT molecular complexity index is 780. The average Bonchev–Trinajstić information content (AvgIpc) is 3.23. The minimum absolute atomic E-state index is 0.365. The van der Waals surface area contributed by atoms with Gasteiger partial charge >= 0.3 is 0 Å². The highest BCUT2D eigenvalue weighted by Gasteiger charge is 2.58. The van der Waals surface area contributed by atoms with Crippen molar-refractivity contribution >= 4 is 16.9 Å². The maximum absolute atomic E-state index is 13.0. The number of carbonyl (C=O) groups excluding carboxylic acids is 1. The third-order valence-electron chi connectivity index (χ3n) is 12.4. The second-order valence-electron chi connectivity index (χ2n) is 14.3. The smallest absolute Gasteiger partial charge is 0.192 e. The topological polar surface area (TPSA) is 17.1 Å². The molecule has 36 heavy (non-hydrogen) atoms. The lowest BCUT2D eigenvalue weighted by Gasteiger charge is -2.58. The molecule has 4 saturated carbocycles. The molecule has 5 aliphatic rings. The van der Waals surface area contributed by atoms with Crippen LogP contribution in [0.15, 0.2) is 11.6 Å². The largest absolute Gasteiger partial charge is 0.287 e. The van der Waals surface area contributed by atoms with Crippen LogP contribution < -0.4 is 0 Å². The van der Waals surface area contributed by atoms with Gasteiger partial charge in [-0.15, -0.1) is 0 Å². The van der Waals surface area contributed by atoms with E-state index in [2.05, 4.69) is 26.8 Å². The number of rotatable bonds is 9. The summed E-state index contributed by atoms with van der Waals surface area (Å²) in [7, 11) is 0.